The Morgan fingerprint density at radius 2 is 2.04 bits per heavy atom. The second-order valence-electron chi connectivity index (χ2n) is 6.19. The maximum Gasteiger partial charge on any atom is 0.123 e. The highest BCUT2D eigenvalue weighted by molar-refractivity contribution is 7.09. The normalized spacial score (nSPS) is 16.3. The number of para-hydroxylation sites is 1. The first-order valence-electron chi connectivity index (χ1n) is 7.80. The number of aliphatic hydroxyl groups is 1. The van der Waals surface area contributed by atoms with E-state index in [0.29, 0.717) is 13.2 Å². The Labute approximate surface area is 141 Å². The van der Waals surface area contributed by atoms with Crippen molar-refractivity contribution < 1.29 is 14.6 Å². The molecule has 1 fully saturated rings. The summed E-state index contributed by atoms with van der Waals surface area (Å²) in [5.74, 6) is 0.909. The second kappa shape index (κ2) is 7.45. The Kier molecular flexibility index (Phi) is 5.33. The Hall–Kier alpha value is -1.40. The van der Waals surface area contributed by atoms with Crippen LogP contribution >= 0.6 is 11.3 Å². The maximum atomic E-state index is 9.75. The molecule has 5 heteroatoms. The summed E-state index contributed by atoms with van der Waals surface area (Å²) in [5.41, 5.74) is 1.04. The van der Waals surface area contributed by atoms with Crippen molar-refractivity contribution in [2.45, 2.75) is 13.1 Å². The standard InChI is InChI=1S/C18H23NO3S/c1-21-17-7-3-2-5-15(17)9-19(10-16-6-4-8-23-16)11-18(12-20)13-22-14-18/h2-8,20H,9-14H2,1H3. The molecule has 0 unspecified atom stereocenters. The van der Waals surface area contributed by atoms with Gasteiger partial charge in [-0.2, -0.15) is 0 Å². The largest absolute Gasteiger partial charge is 0.496 e. The molecule has 0 bridgehead atoms. The third kappa shape index (κ3) is 3.93. The van der Waals surface area contributed by atoms with E-state index in [2.05, 4.69) is 28.5 Å². The number of aliphatic hydroxyl groups excluding tert-OH is 1. The second-order valence-corrected chi connectivity index (χ2v) is 7.22. The fourth-order valence-electron chi connectivity index (χ4n) is 2.96. The van der Waals surface area contributed by atoms with Crippen LogP contribution in [-0.2, 0) is 17.8 Å². The van der Waals surface area contributed by atoms with Crippen LogP contribution < -0.4 is 4.74 Å². The van der Waals surface area contributed by atoms with Crippen molar-refractivity contribution in [2.24, 2.45) is 5.41 Å². The first-order chi connectivity index (χ1) is 11.2. The minimum Gasteiger partial charge on any atom is -0.496 e. The molecule has 0 saturated carbocycles. The van der Waals surface area contributed by atoms with Crippen molar-refractivity contribution in [3.8, 4) is 5.75 Å². The number of thiophene rings is 1. The molecule has 2 aromatic rings. The van der Waals surface area contributed by atoms with Crippen LogP contribution in [0.25, 0.3) is 0 Å². The van der Waals surface area contributed by atoms with E-state index in [0.717, 1.165) is 25.4 Å². The summed E-state index contributed by atoms with van der Waals surface area (Å²) in [7, 11) is 1.71. The first kappa shape index (κ1) is 16.5. The fourth-order valence-corrected chi connectivity index (χ4v) is 3.71. The molecule has 0 atom stereocenters. The van der Waals surface area contributed by atoms with Crippen LogP contribution in [0.3, 0.4) is 0 Å². The molecule has 1 N–H and O–H groups in total. The molecular formula is C18H23NO3S. The van der Waals surface area contributed by atoms with E-state index in [1.54, 1.807) is 18.4 Å². The fraction of sp³-hybridized carbons (Fsp3) is 0.444. The molecule has 1 aromatic carbocycles. The van der Waals surface area contributed by atoms with Crippen molar-refractivity contribution in [2.75, 3.05) is 33.5 Å². The zero-order valence-electron chi connectivity index (χ0n) is 13.4. The zero-order chi connectivity index (χ0) is 16.1. The van der Waals surface area contributed by atoms with Crippen LogP contribution in [-0.4, -0.2) is 43.5 Å². The summed E-state index contributed by atoms with van der Waals surface area (Å²) in [6.07, 6.45) is 0. The van der Waals surface area contributed by atoms with E-state index in [4.69, 9.17) is 9.47 Å². The van der Waals surface area contributed by atoms with Crippen LogP contribution in [0.1, 0.15) is 10.4 Å². The monoisotopic (exact) mass is 333 g/mol. The van der Waals surface area contributed by atoms with E-state index in [1.807, 2.05) is 18.2 Å². The summed E-state index contributed by atoms with van der Waals surface area (Å²) in [5, 5.41) is 11.9. The van der Waals surface area contributed by atoms with Gasteiger partial charge in [-0.05, 0) is 17.5 Å². The predicted octanol–water partition coefficient (Wildman–Crippen LogP) is 2.77. The van der Waals surface area contributed by atoms with E-state index in [9.17, 15) is 5.11 Å². The molecule has 124 valence electrons. The van der Waals surface area contributed by atoms with Crippen LogP contribution in [0.5, 0.6) is 5.75 Å². The number of ether oxygens (including phenoxy) is 2. The molecule has 1 aliphatic rings. The van der Waals surface area contributed by atoms with Gasteiger partial charge in [0.15, 0.2) is 0 Å². The molecule has 1 aliphatic heterocycles. The van der Waals surface area contributed by atoms with Crippen LogP contribution in [0, 0.1) is 5.41 Å². The average molecular weight is 333 g/mol. The maximum absolute atomic E-state index is 9.75. The van der Waals surface area contributed by atoms with E-state index in [1.165, 1.54) is 10.4 Å². The van der Waals surface area contributed by atoms with Gasteiger partial charge in [0.05, 0.1) is 32.3 Å². The highest BCUT2D eigenvalue weighted by atomic mass is 32.1. The molecule has 1 aromatic heterocycles. The average Bonchev–Trinajstić information content (AvgIpc) is 3.04. The SMILES string of the molecule is COc1ccccc1CN(Cc1cccs1)CC1(CO)COC1. The number of nitrogens with zero attached hydrogens (tertiary/aromatic N) is 1. The zero-order valence-corrected chi connectivity index (χ0v) is 14.2. The van der Waals surface area contributed by atoms with Crippen LogP contribution in [0.4, 0.5) is 0 Å². The summed E-state index contributed by atoms with van der Waals surface area (Å²) >= 11 is 1.76. The molecule has 4 nitrogen and oxygen atoms in total. The minimum atomic E-state index is -0.126. The third-order valence-corrected chi connectivity index (χ3v) is 5.12. The van der Waals surface area contributed by atoms with E-state index >= 15 is 0 Å². The van der Waals surface area contributed by atoms with Crippen molar-refractivity contribution in [1.82, 2.24) is 4.90 Å². The lowest BCUT2D eigenvalue weighted by Gasteiger charge is -2.43. The van der Waals surface area contributed by atoms with Gasteiger partial charge in [0.2, 0.25) is 0 Å². The van der Waals surface area contributed by atoms with Crippen molar-refractivity contribution >= 4 is 11.3 Å². The van der Waals surface area contributed by atoms with Gasteiger partial charge in [0.25, 0.3) is 0 Å². The first-order valence-corrected chi connectivity index (χ1v) is 8.68. The van der Waals surface area contributed by atoms with Gasteiger partial charge < -0.3 is 14.6 Å². The molecule has 2 heterocycles. The van der Waals surface area contributed by atoms with Gasteiger partial charge >= 0.3 is 0 Å². The van der Waals surface area contributed by atoms with Gasteiger partial charge in [0.1, 0.15) is 5.75 Å². The molecule has 0 amide bonds. The summed E-state index contributed by atoms with van der Waals surface area (Å²) in [6.45, 7) is 3.92. The lowest BCUT2D eigenvalue weighted by molar-refractivity contribution is -0.150. The third-order valence-electron chi connectivity index (χ3n) is 4.26. The van der Waals surface area contributed by atoms with Gasteiger partial charge in [-0.25, -0.2) is 0 Å². The summed E-state index contributed by atoms with van der Waals surface area (Å²) in [6, 6.07) is 12.4. The lowest BCUT2D eigenvalue weighted by atomic mass is 9.86. The molecule has 0 radical (unpaired) electrons. The van der Waals surface area contributed by atoms with Crippen LogP contribution in [0.15, 0.2) is 41.8 Å². The summed E-state index contributed by atoms with van der Waals surface area (Å²) in [4.78, 5) is 3.70. The smallest absolute Gasteiger partial charge is 0.123 e. The Morgan fingerprint density at radius 1 is 1.22 bits per heavy atom. The molecular weight excluding hydrogens is 310 g/mol. The number of rotatable bonds is 8. The number of methoxy groups -OCH3 is 1. The highest BCUT2D eigenvalue weighted by Gasteiger charge is 2.39. The van der Waals surface area contributed by atoms with E-state index in [-0.39, 0.29) is 12.0 Å². The Bertz CT molecular complexity index is 605. The van der Waals surface area contributed by atoms with Crippen molar-refractivity contribution in [1.29, 1.82) is 0 Å². The highest BCUT2D eigenvalue weighted by Crippen LogP contribution is 2.30. The molecule has 1 saturated heterocycles. The van der Waals surface area contributed by atoms with Crippen LogP contribution in [0.2, 0.25) is 0 Å². The molecule has 0 spiro atoms. The Balaban J connectivity index is 1.76. The van der Waals surface area contributed by atoms with Gasteiger partial charge in [-0.1, -0.05) is 24.3 Å². The number of benzene rings is 1. The topological polar surface area (TPSA) is 41.9 Å². The van der Waals surface area contributed by atoms with Crippen molar-refractivity contribution in [3.05, 3.63) is 52.2 Å². The van der Waals surface area contributed by atoms with Crippen molar-refractivity contribution in [3.63, 3.8) is 0 Å². The minimum absolute atomic E-state index is 0.126. The molecule has 23 heavy (non-hydrogen) atoms. The molecule has 0 aliphatic carbocycles. The van der Waals surface area contributed by atoms with Gasteiger partial charge in [-0.15, -0.1) is 11.3 Å². The lowest BCUT2D eigenvalue weighted by Crippen LogP contribution is -2.52. The quantitative estimate of drug-likeness (QED) is 0.807. The predicted molar refractivity (Wildman–Crippen MR) is 91.8 cm³/mol. The van der Waals surface area contributed by atoms with Gasteiger partial charge in [0, 0.05) is 30.1 Å². The van der Waals surface area contributed by atoms with E-state index < -0.39 is 0 Å². The van der Waals surface area contributed by atoms with Gasteiger partial charge in [-0.3, -0.25) is 4.90 Å². The summed E-state index contributed by atoms with van der Waals surface area (Å²) < 4.78 is 10.8. The number of hydrogen-bond acceptors (Lipinski definition) is 5. The number of hydrogen-bond donors (Lipinski definition) is 1. The molecule has 3 rings (SSSR count). The Morgan fingerprint density at radius 3 is 2.65 bits per heavy atom.